The van der Waals surface area contributed by atoms with E-state index in [2.05, 4.69) is 15.6 Å². The molecule has 0 bridgehead atoms. The summed E-state index contributed by atoms with van der Waals surface area (Å²) in [5.74, 6) is 0.623. The largest absolute Gasteiger partial charge is 0.494 e. The number of carbonyl (C=O) groups is 2. The predicted octanol–water partition coefficient (Wildman–Crippen LogP) is 3.91. The van der Waals surface area contributed by atoms with Crippen LogP contribution in [0.3, 0.4) is 0 Å². The van der Waals surface area contributed by atoms with Gasteiger partial charge in [0, 0.05) is 17.2 Å². The highest BCUT2D eigenvalue weighted by Gasteiger charge is 2.29. The van der Waals surface area contributed by atoms with Crippen molar-refractivity contribution in [2.45, 2.75) is 12.8 Å². The summed E-state index contributed by atoms with van der Waals surface area (Å²) in [6.45, 7) is 0. The summed E-state index contributed by atoms with van der Waals surface area (Å²) in [5, 5.41) is 6.18. The minimum atomic E-state index is -0.247. The van der Waals surface area contributed by atoms with E-state index in [1.807, 2.05) is 18.2 Å². The number of thiazole rings is 1. The van der Waals surface area contributed by atoms with Crippen LogP contribution in [0.4, 0.5) is 10.8 Å². The van der Waals surface area contributed by atoms with Gasteiger partial charge >= 0.3 is 0 Å². The summed E-state index contributed by atoms with van der Waals surface area (Å²) >= 11 is 1.39. The van der Waals surface area contributed by atoms with Crippen LogP contribution in [-0.4, -0.2) is 23.9 Å². The van der Waals surface area contributed by atoms with Gasteiger partial charge in [-0.05, 0) is 49.2 Å². The summed E-state index contributed by atoms with van der Waals surface area (Å²) < 4.78 is 6.24. The third-order valence-corrected chi connectivity index (χ3v) is 5.12. The van der Waals surface area contributed by atoms with E-state index in [9.17, 15) is 9.59 Å². The first-order valence-corrected chi connectivity index (χ1v) is 9.11. The van der Waals surface area contributed by atoms with Crippen LogP contribution >= 0.6 is 11.3 Å². The Balaban J connectivity index is 1.46. The number of amides is 2. The number of carbonyl (C=O) groups excluding carboxylic acids is 2. The van der Waals surface area contributed by atoms with Crippen LogP contribution in [-0.2, 0) is 4.79 Å². The second-order valence-electron chi connectivity index (χ2n) is 6.12. The average Bonchev–Trinajstić information content (AvgIpc) is 3.42. The van der Waals surface area contributed by atoms with Gasteiger partial charge in [0.15, 0.2) is 5.13 Å². The highest BCUT2D eigenvalue weighted by atomic mass is 32.1. The molecular weight excluding hydrogens is 350 g/mol. The molecule has 2 amide bonds. The molecule has 0 saturated heterocycles. The molecule has 3 aromatic rings. The van der Waals surface area contributed by atoms with Gasteiger partial charge in [-0.2, -0.15) is 0 Å². The quantitative estimate of drug-likeness (QED) is 0.717. The predicted molar refractivity (Wildman–Crippen MR) is 102 cm³/mol. The molecule has 0 atom stereocenters. The molecule has 2 N–H and O–H groups in total. The van der Waals surface area contributed by atoms with Gasteiger partial charge in [0.25, 0.3) is 5.91 Å². The van der Waals surface area contributed by atoms with E-state index in [4.69, 9.17) is 4.74 Å². The lowest BCUT2D eigenvalue weighted by molar-refractivity contribution is -0.117. The minimum absolute atomic E-state index is 0.0469. The maximum atomic E-state index is 12.4. The molecule has 1 saturated carbocycles. The molecule has 7 heteroatoms. The number of methoxy groups -OCH3 is 1. The number of ether oxygens (including phenoxy) is 1. The fraction of sp³-hybridized carbons (Fsp3) is 0.211. The van der Waals surface area contributed by atoms with E-state index in [0.29, 0.717) is 22.1 Å². The number of fused-ring (bicyclic) bond motifs is 1. The Hall–Kier alpha value is -2.93. The molecular formula is C19H17N3O3S. The van der Waals surface area contributed by atoms with Crippen molar-refractivity contribution in [2.75, 3.05) is 17.7 Å². The topological polar surface area (TPSA) is 80.3 Å². The molecule has 0 spiro atoms. The lowest BCUT2D eigenvalue weighted by Crippen LogP contribution is -2.14. The highest BCUT2D eigenvalue weighted by Crippen LogP contribution is 2.32. The van der Waals surface area contributed by atoms with Crippen LogP contribution in [0.1, 0.15) is 23.2 Å². The fourth-order valence-electron chi connectivity index (χ4n) is 2.61. The smallest absolute Gasteiger partial charge is 0.257 e. The standard InChI is InChI=1S/C19H17N3O3S/c1-25-14-3-2-4-15-16(14)21-19(26-15)22-18(24)12-7-9-13(10-8-12)20-17(23)11-5-6-11/h2-4,7-11H,5-6H2,1H3,(H,20,23)(H,21,22,24). The molecule has 1 aliphatic rings. The van der Waals surface area contributed by atoms with Crippen molar-refractivity contribution in [2.24, 2.45) is 5.92 Å². The maximum Gasteiger partial charge on any atom is 0.257 e. The minimum Gasteiger partial charge on any atom is -0.494 e. The Labute approximate surface area is 154 Å². The molecule has 1 fully saturated rings. The molecule has 0 unspecified atom stereocenters. The summed E-state index contributed by atoms with van der Waals surface area (Å²) in [7, 11) is 1.59. The molecule has 6 nitrogen and oxygen atoms in total. The van der Waals surface area contributed by atoms with Crippen LogP contribution in [0.15, 0.2) is 42.5 Å². The molecule has 1 heterocycles. The van der Waals surface area contributed by atoms with E-state index < -0.39 is 0 Å². The number of nitrogens with zero attached hydrogens (tertiary/aromatic N) is 1. The number of rotatable bonds is 5. The molecule has 132 valence electrons. The molecule has 0 aliphatic heterocycles. The van der Waals surface area contributed by atoms with Crippen LogP contribution < -0.4 is 15.4 Å². The van der Waals surface area contributed by atoms with E-state index >= 15 is 0 Å². The monoisotopic (exact) mass is 367 g/mol. The molecule has 4 rings (SSSR count). The van der Waals surface area contributed by atoms with E-state index in [1.54, 1.807) is 31.4 Å². The Morgan fingerprint density at radius 3 is 2.58 bits per heavy atom. The van der Waals surface area contributed by atoms with Crippen molar-refractivity contribution in [1.29, 1.82) is 0 Å². The molecule has 0 radical (unpaired) electrons. The normalized spacial score (nSPS) is 13.4. The lowest BCUT2D eigenvalue weighted by Gasteiger charge is -2.06. The third kappa shape index (κ3) is 3.39. The fourth-order valence-corrected chi connectivity index (χ4v) is 3.48. The van der Waals surface area contributed by atoms with Gasteiger partial charge in [0.2, 0.25) is 5.91 Å². The van der Waals surface area contributed by atoms with Crippen molar-refractivity contribution in [3.8, 4) is 5.75 Å². The van der Waals surface area contributed by atoms with Gasteiger partial charge < -0.3 is 10.1 Å². The number of hydrogen-bond donors (Lipinski definition) is 2. The van der Waals surface area contributed by atoms with Gasteiger partial charge in [-0.3, -0.25) is 14.9 Å². The van der Waals surface area contributed by atoms with E-state index in [1.165, 1.54) is 11.3 Å². The Kier molecular flexibility index (Phi) is 4.30. The number of anilines is 2. The zero-order valence-corrected chi connectivity index (χ0v) is 14.9. The molecule has 1 aliphatic carbocycles. The third-order valence-electron chi connectivity index (χ3n) is 4.19. The Bertz CT molecular complexity index is 977. The van der Waals surface area contributed by atoms with Gasteiger partial charge in [-0.25, -0.2) is 4.98 Å². The van der Waals surface area contributed by atoms with Gasteiger partial charge in [-0.15, -0.1) is 0 Å². The number of nitrogens with one attached hydrogen (secondary N) is 2. The van der Waals surface area contributed by atoms with Crippen LogP contribution in [0, 0.1) is 5.92 Å². The van der Waals surface area contributed by atoms with E-state index in [-0.39, 0.29) is 17.7 Å². The number of para-hydroxylation sites is 1. The first-order chi connectivity index (χ1) is 12.6. The zero-order chi connectivity index (χ0) is 18.1. The van der Waals surface area contributed by atoms with Crippen LogP contribution in [0.5, 0.6) is 5.75 Å². The lowest BCUT2D eigenvalue weighted by atomic mass is 10.2. The summed E-state index contributed by atoms with van der Waals surface area (Å²) in [6, 6.07) is 12.5. The first kappa shape index (κ1) is 16.5. The van der Waals surface area contributed by atoms with Crippen molar-refractivity contribution in [3.05, 3.63) is 48.0 Å². The number of hydrogen-bond acceptors (Lipinski definition) is 5. The Morgan fingerprint density at radius 1 is 1.12 bits per heavy atom. The molecule has 1 aromatic heterocycles. The molecule has 26 heavy (non-hydrogen) atoms. The van der Waals surface area contributed by atoms with Crippen LogP contribution in [0.2, 0.25) is 0 Å². The number of benzene rings is 2. The van der Waals surface area contributed by atoms with Crippen molar-refractivity contribution >= 4 is 44.2 Å². The van der Waals surface area contributed by atoms with Crippen molar-refractivity contribution in [1.82, 2.24) is 4.98 Å². The summed E-state index contributed by atoms with van der Waals surface area (Å²) in [6.07, 6.45) is 1.92. The summed E-state index contributed by atoms with van der Waals surface area (Å²) in [4.78, 5) is 28.6. The van der Waals surface area contributed by atoms with Crippen molar-refractivity contribution in [3.63, 3.8) is 0 Å². The maximum absolute atomic E-state index is 12.4. The second-order valence-corrected chi connectivity index (χ2v) is 7.15. The molecule has 2 aromatic carbocycles. The van der Waals surface area contributed by atoms with E-state index in [0.717, 1.165) is 23.1 Å². The second kappa shape index (κ2) is 6.76. The average molecular weight is 367 g/mol. The SMILES string of the molecule is COc1cccc2sc(NC(=O)c3ccc(NC(=O)C4CC4)cc3)nc12. The van der Waals surface area contributed by atoms with Gasteiger partial charge in [-0.1, -0.05) is 17.4 Å². The van der Waals surface area contributed by atoms with Crippen LogP contribution in [0.25, 0.3) is 10.2 Å². The Morgan fingerprint density at radius 2 is 1.88 bits per heavy atom. The van der Waals surface area contributed by atoms with Gasteiger partial charge in [0.05, 0.1) is 11.8 Å². The number of aromatic nitrogens is 1. The zero-order valence-electron chi connectivity index (χ0n) is 14.1. The van der Waals surface area contributed by atoms with Crippen molar-refractivity contribution < 1.29 is 14.3 Å². The highest BCUT2D eigenvalue weighted by molar-refractivity contribution is 7.22. The first-order valence-electron chi connectivity index (χ1n) is 8.30. The van der Waals surface area contributed by atoms with Gasteiger partial charge in [0.1, 0.15) is 11.3 Å². The summed E-state index contributed by atoms with van der Waals surface area (Å²) in [5.41, 5.74) is 1.93.